The molecule has 2 atom stereocenters. The predicted molar refractivity (Wildman–Crippen MR) is 100 cm³/mol. The topological polar surface area (TPSA) is 55.2 Å². The minimum Gasteiger partial charge on any atom is -0.338 e. The van der Waals surface area contributed by atoms with Crippen LogP contribution in [0.3, 0.4) is 0 Å². The van der Waals surface area contributed by atoms with Gasteiger partial charge in [-0.3, -0.25) is 14.2 Å². The van der Waals surface area contributed by atoms with Gasteiger partial charge in [0.15, 0.2) is 0 Å². The fourth-order valence-electron chi connectivity index (χ4n) is 4.18. The summed E-state index contributed by atoms with van der Waals surface area (Å²) >= 11 is 1.65. The molecule has 3 heterocycles. The third kappa shape index (κ3) is 3.01. The monoisotopic (exact) mass is 359 g/mol. The Balaban J connectivity index is 1.65. The molecule has 25 heavy (non-hydrogen) atoms. The van der Waals surface area contributed by atoms with Gasteiger partial charge in [-0.05, 0) is 56.9 Å². The van der Waals surface area contributed by atoms with Crippen LogP contribution in [-0.2, 0) is 24.2 Å². The molecule has 4 rings (SSSR count). The average Bonchev–Trinajstić information content (AvgIpc) is 2.95. The fourth-order valence-corrected chi connectivity index (χ4v) is 5.52. The molecule has 5 nitrogen and oxygen atoms in total. The first-order valence-corrected chi connectivity index (χ1v) is 10.2. The molecule has 1 aliphatic carbocycles. The van der Waals surface area contributed by atoms with E-state index in [4.69, 9.17) is 0 Å². The quantitative estimate of drug-likeness (QED) is 0.828. The molecule has 2 aromatic rings. The Hall–Kier alpha value is -1.69. The van der Waals surface area contributed by atoms with E-state index in [1.54, 1.807) is 17.7 Å². The van der Waals surface area contributed by atoms with E-state index in [2.05, 4.69) is 18.8 Å². The van der Waals surface area contributed by atoms with Gasteiger partial charge in [-0.25, -0.2) is 4.98 Å². The molecule has 1 aliphatic heterocycles. The third-order valence-electron chi connectivity index (χ3n) is 5.71. The average molecular weight is 359 g/mol. The summed E-state index contributed by atoms with van der Waals surface area (Å²) in [5, 5.41) is 0.758. The van der Waals surface area contributed by atoms with Gasteiger partial charge in [0.05, 0.1) is 11.7 Å². The van der Waals surface area contributed by atoms with Crippen molar-refractivity contribution in [2.24, 2.45) is 5.92 Å². The lowest BCUT2D eigenvalue weighted by molar-refractivity contribution is -0.135. The fraction of sp³-hybridized carbons (Fsp3) is 0.632. The lowest BCUT2D eigenvalue weighted by Gasteiger charge is -2.33. The molecule has 1 saturated heterocycles. The van der Waals surface area contributed by atoms with Crippen molar-refractivity contribution < 1.29 is 4.79 Å². The van der Waals surface area contributed by atoms with Crippen LogP contribution in [0.1, 0.15) is 50.0 Å². The number of hydrogen-bond donors (Lipinski definition) is 0. The van der Waals surface area contributed by atoms with E-state index in [0.29, 0.717) is 5.92 Å². The van der Waals surface area contributed by atoms with Gasteiger partial charge in [-0.1, -0.05) is 6.92 Å². The molecule has 0 aromatic carbocycles. The zero-order valence-corrected chi connectivity index (χ0v) is 15.8. The predicted octanol–water partition coefficient (Wildman–Crippen LogP) is 2.98. The van der Waals surface area contributed by atoms with Crippen molar-refractivity contribution in [3.63, 3.8) is 0 Å². The van der Waals surface area contributed by atoms with Gasteiger partial charge in [-0.15, -0.1) is 11.3 Å². The highest BCUT2D eigenvalue weighted by molar-refractivity contribution is 7.18. The largest absolute Gasteiger partial charge is 0.338 e. The summed E-state index contributed by atoms with van der Waals surface area (Å²) in [6.45, 7) is 5.26. The van der Waals surface area contributed by atoms with E-state index in [1.807, 2.05) is 4.90 Å². The zero-order valence-electron chi connectivity index (χ0n) is 15.0. The molecule has 0 unspecified atom stereocenters. The van der Waals surface area contributed by atoms with Crippen LogP contribution < -0.4 is 5.56 Å². The Kier molecular flexibility index (Phi) is 4.40. The highest BCUT2D eigenvalue weighted by Gasteiger charge is 2.26. The van der Waals surface area contributed by atoms with Gasteiger partial charge in [0.2, 0.25) is 5.91 Å². The Bertz CT molecular complexity index is 869. The molecule has 6 heteroatoms. The number of hydrogen-bond acceptors (Lipinski definition) is 4. The van der Waals surface area contributed by atoms with Crippen LogP contribution >= 0.6 is 11.3 Å². The van der Waals surface area contributed by atoms with Gasteiger partial charge >= 0.3 is 0 Å². The summed E-state index contributed by atoms with van der Waals surface area (Å²) in [7, 11) is 0. The van der Waals surface area contributed by atoms with Crippen LogP contribution in [0, 0.1) is 5.92 Å². The molecule has 1 fully saturated rings. The summed E-state index contributed by atoms with van der Waals surface area (Å²) in [5.74, 6) is 0.707. The lowest BCUT2D eigenvalue weighted by Crippen LogP contribution is -2.44. The standard InChI is InChI=1S/C19H25N3O2S/c1-12-6-7-14-15(9-12)25-18-17(14)19(24)21(11-20-18)10-16(23)22-8-4-3-5-13(22)2/h11-13H,3-10H2,1-2H3/t12-,13+/m1/s1. The van der Waals surface area contributed by atoms with Crippen molar-refractivity contribution in [2.45, 2.75) is 65.0 Å². The number of nitrogens with zero attached hydrogens (tertiary/aromatic N) is 3. The van der Waals surface area contributed by atoms with E-state index in [-0.39, 0.29) is 24.1 Å². The minimum atomic E-state index is -0.0462. The van der Waals surface area contributed by atoms with E-state index in [1.165, 1.54) is 21.4 Å². The van der Waals surface area contributed by atoms with E-state index in [9.17, 15) is 9.59 Å². The number of rotatable bonds is 2. The van der Waals surface area contributed by atoms with Crippen molar-refractivity contribution >= 4 is 27.5 Å². The van der Waals surface area contributed by atoms with Gasteiger partial charge in [0, 0.05) is 17.5 Å². The molecular formula is C19H25N3O2S. The second kappa shape index (κ2) is 6.56. The van der Waals surface area contributed by atoms with Gasteiger partial charge in [-0.2, -0.15) is 0 Å². The van der Waals surface area contributed by atoms with Crippen LogP contribution in [0.4, 0.5) is 0 Å². The van der Waals surface area contributed by atoms with E-state index < -0.39 is 0 Å². The Morgan fingerprint density at radius 3 is 2.96 bits per heavy atom. The Labute approximate surface area is 151 Å². The Morgan fingerprint density at radius 1 is 1.32 bits per heavy atom. The van der Waals surface area contributed by atoms with Crippen LogP contribution in [0.15, 0.2) is 11.1 Å². The third-order valence-corrected chi connectivity index (χ3v) is 6.87. The molecule has 0 spiro atoms. The molecule has 2 aliphatic rings. The molecular weight excluding hydrogens is 334 g/mol. The second-order valence-corrected chi connectivity index (χ2v) is 8.73. The summed E-state index contributed by atoms with van der Waals surface area (Å²) in [6, 6.07) is 0.268. The molecule has 0 radical (unpaired) electrons. The maximum atomic E-state index is 13.0. The first-order chi connectivity index (χ1) is 12.0. The highest BCUT2D eigenvalue weighted by Crippen LogP contribution is 2.35. The number of aromatic nitrogens is 2. The number of thiophene rings is 1. The van der Waals surface area contributed by atoms with E-state index >= 15 is 0 Å². The maximum Gasteiger partial charge on any atom is 0.262 e. The normalized spacial score (nSPS) is 23.7. The smallest absolute Gasteiger partial charge is 0.262 e. The zero-order chi connectivity index (χ0) is 17.6. The van der Waals surface area contributed by atoms with Crippen molar-refractivity contribution in [3.8, 4) is 0 Å². The van der Waals surface area contributed by atoms with Crippen molar-refractivity contribution in [2.75, 3.05) is 6.54 Å². The van der Waals surface area contributed by atoms with Crippen LogP contribution in [0.2, 0.25) is 0 Å². The number of carbonyl (C=O) groups is 1. The lowest BCUT2D eigenvalue weighted by atomic mass is 9.89. The molecule has 0 saturated carbocycles. The SMILES string of the molecule is C[C@@H]1CCc2c(sc3ncn(CC(=O)N4CCCC[C@@H]4C)c(=O)c23)C1. The summed E-state index contributed by atoms with van der Waals surface area (Å²) in [5.41, 5.74) is 1.14. The summed E-state index contributed by atoms with van der Waals surface area (Å²) in [6.07, 6.45) is 7.96. The molecule has 0 bridgehead atoms. The van der Waals surface area contributed by atoms with Gasteiger partial charge in [0.1, 0.15) is 11.4 Å². The highest BCUT2D eigenvalue weighted by atomic mass is 32.1. The van der Waals surface area contributed by atoms with Crippen molar-refractivity contribution in [1.29, 1.82) is 0 Å². The van der Waals surface area contributed by atoms with E-state index in [0.717, 1.165) is 48.9 Å². The Morgan fingerprint density at radius 2 is 2.16 bits per heavy atom. The van der Waals surface area contributed by atoms with Crippen LogP contribution in [-0.4, -0.2) is 32.9 Å². The number of aryl methyl sites for hydroxylation is 1. The maximum absolute atomic E-state index is 13.0. The first kappa shape index (κ1) is 16.8. The second-order valence-electron chi connectivity index (χ2n) is 7.64. The number of amides is 1. The van der Waals surface area contributed by atoms with Gasteiger partial charge < -0.3 is 4.90 Å². The molecule has 2 aromatic heterocycles. The minimum absolute atomic E-state index is 0.0353. The van der Waals surface area contributed by atoms with Crippen molar-refractivity contribution in [1.82, 2.24) is 14.5 Å². The molecule has 0 N–H and O–H groups in total. The number of piperidine rings is 1. The summed E-state index contributed by atoms with van der Waals surface area (Å²) in [4.78, 5) is 34.2. The van der Waals surface area contributed by atoms with Crippen molar-refractivity contribution in [3.05, 3.63) is 27.1 Å². The molecule has 1 amide bonds. The van der Waals surface area contributed by atoms with Crippen LogP contribution in [0.5, 0.6) is 0 Å². The molecule has 134 valence electrons. The van der Waals surface area contributed by atoms with Gasteiger partial charge in [0.25, 0.3) is 5.56 Å². The first-order valence-electron chi connectivity index (χ1n) is 9.33. The summed E-state index contributed by atoms with van der Waals surface area (Å²) < 4.78 is 1.51. The number of likely N-dealkylation sites (tertiary alicyclic amines) is 1. The number of carbonyl (C=O) groups excluding carboxylic acids is 1. The van der Waals surface area contributed by atoms with Crippen LogP contribution in [0.25, 0.3) is 10.2 Å². The number of fused-ring (bicyclic) bond motifs is 3.